The maximum atomic E-state index is 10.8. The van der Waals surface area contributed by atoms with Crippen molar-refractivity contribution in [2.75, 3.05) is 6.54 Å². The molecule has 2 rings (SSSR count). The first-order chi connectivity index (χ1) is 7.70. The first-order valence-corrected chi connectivity index (χ1v) is 6.00. The fraction of sp³-hybridized carbons (Fsp3) is 0.500. The zero-order valence-corrected chi connectivity index (χ0v) is 9.99. The monoisotopic (exact) mass is 217 g/mol. The molecule has 0 bridgehead atoms. The third-order valence-corrected chi connectivity index (χ3v) is 3.52. The van der Waals surface area contributed by atoms with Gasteiger partial charge in [-0.15, -0.1) is 0 Å². The molecular weight excluding hydrogens is 198 g/mol. The standard InChI is InChI=1S/C14H19NO/c1-10-7-12(3-4-14(10)9-16)13-5-6-15-11(2)8-13/h3-4,7,9,11,13,15H,5-6,8H2,1-2H3. The summed E-state index contributed by atoms with van der Waals surface area (Å²) < 4.78 is 0. The van der Waals surface area contributed by atoms with Gasteiger partial charge in [-0.05, 0) is 50.3 Å². The van der Waals surface area contributed by atoms with Crippen LogP contribution >= 0.6 is 0 Å². The average molecular weight is 217 g/mol. The molecule has 0 spiro atoms. The van der Waals surface area contributed by atoms with Gasteiger partial charge in [0.25, 0.3) is 0 Å². The lowest BCUT2D eigenvalue weighted by Crippen LogP contribution is -2.34. The molecule has 1 heterocycles. The third kappa shape index (κ3) is 2.33. The quantitative estimate of drug-likeness (QED) is 0.772. The van der Waals surface area contributed by atoms with Crippen molar-refractivity contribution >= 4 is 6.29 Å². The Balaban J connectivity index is 2.20. The predicted octanol–water partition coefficient (Wildman–Crippen LogP) is 2.66. The van der Waals surface area contributed by atoms with E-state index in [2.05, 4.69) is 24.4 Å². The van der Waals surface area contributed by atoms with Gasteiger partial charge >= 0.3 is 0 Å². The predicted molar refractivity (Wildman–Crippen MR) is 66.0 cm³/mol. The Morgan fingerprint density at radius 1 is 1.44 bits per heavy atom. The number of rotatable bonds is 2. The molecule has 1 fully saturated rings. The van der Waals surface area contributed by atoms with Crippen molar-refractivity contribution in [1.82, 2.24) is 5.32 Å². The highest BCUT2D eigenvalue weighted by atomic mass is 16.1. The van der Waals surface area contributed by atoms with E-state index in [1.165, 1.54) is 18.4 Å². The van der Waals surface area contributed by atoms with Gasteiger partial charge in [-0.3, -0.25) is 4.79 Å². The summed E-state index contributed by atoms with van der Waals surface area (Å²) in [5, 5.41) is 3.46. The van der Waals surface area contributed by atoms with Gasteiger partial charge in [0.15, 0.2) is 0 Å². The zero-order chi connectivity index (χ0) is 11.5. The second-order valence-electron chi connectivity index (χ2n) is 4.81. The van der Waals surface area contributed by atoms with E-state index in [0.29, 0.717) is 12.0 Å². The van der Waals surface area contributed by atoms with E-state index < -0.39 is 0 Å². The van der Waals surface area contributed by atoms with Crippen LogP contribution < -0.4 is 5.32 Å². The molecule has 1 aromatic rings. The number of aryl methyl sites for hydroxylation is 1. The van der Waals surface area contributed by atoms with E-state index in [9.17, 15) is 4.79 Å². The maximum absolute atomic E-state index is 10.8. The molecule has 2 unspecified atom stereocenters. The van der Waals surface area contributed by atoms with E-state index >= 15 is 0 Å². The number of benzene rings is 1. The highest BCUT2D eigenvalue weighted by molar-refractivity contribution is 5.77. The van der Waals surface area contributed by atoms with Crippen molar-refractivity contribution in [2.24, 2.45) is 0 Å². The van der Waals surface area contributed by atoms with Crippen molar-refractivity contribution < 1.29 is 4.79 Å². The van der Waals surface area contributed by atoms with Crippen molar-refractivity contribution in [2.45, 2.75) is 38.6 Å². The molecule has 0 amide bonds. The van der Waals surface area contributed by atoms with Gasteiger partial charge in [-0.25, -0.2) is 0 Å². The van der Waals surface area contributed by atoms with Crippen LogP contribution in [0.4, 0.5) is 0 Å². The molecule has 0 aromatic heterocycles. The number of nitrogens with one attached hydrogen (secondary N) is 1. The minimum absolute atomic E-state index is 0.602. The van der Waals surface area contributed by atoms with Crippen LogP contribution in [0.2, 0.25) is 0 Å². The van der Waals surface area contributed by atoms with Gasteiger partial charge in [0.1, 0.15) is 6.29 Å². The fourth-order valence-electron chi connectivity index (χ4n) is 2.52. The van der Waals surface area contributed by atoms with Crippen LogP contribution in [-0.2, 0) is 0 Å². The molecule has 16 heavy (non-hydrogen) atoms. The van der Waals surface area contributed by atoms with Crippen molar-refractivity contribution in [1.29, 1.82) is 0 Å². The normalized spacial score (nSPS) is 25.4. The van der Waals surface area contributed by atoms with Gasteiger partial charge in [0, 0.05) is 11.6 Å². The Hall–Kier alpha value is -1.15. The molecular formula is C14H19NO. The maximum Gasteiger partial charge on any atom is 0.150 e. The summed E-state index contributed by atoms with van der Waals surface area (Å²) in [4.78, 5) is 10.8. The van der Waals surface area contributed by atoms with Crippen LogP contribution in [0, 0.1) is 6.92 Å². The van der Waals surface area contributed by atoms with Gasteiger partial charge < -0.3 is 5.32 Å². The van der Waals surface area contributed by atoms with Gasteiger partial charge in [-0.2, -0.15) is 0 Å². The van der Waals surface area contributed by atoms with Crippen LogP contribution in [0.3, 0.4) is 0 Å². The molecule has 2 nitrogen and oxygen atoms in total. The minimum atomic E-state index is 0.602. The molecule has 0 radical (unpaired) electrons. The number of hydrogen-bond acceptors (Lipinski definition) is 2. The summed E-state index contributed by atoms with van der Waals surface area (Å²) in [6.07, 6.45) is 3.33. The SMILES string of the molecule is Cc1cc(C2CCNC(C)C2)ccc1C=O. The zero-order valence-electron chi connectivity index (χ0n) is 9.99. The highest BCUT2D eigenvalue weighted by Gasteiger charge is 2.19. The van der Waals surface area contributed by atoms with Crippen LogP contribution in [0.5, 0.6) is 0 Å². The molecule has 2 heteroatoms. The first kappa shape index (κ1) is 11.3. The second-order valence-corrected chi connectivity index (χ2v) is 4.81. The summed E-state index contributed by atoms with van der Waals surface area (Å²) in [5.74, 6) is 0.649. The number of carbonyl (C=O) groups excluding carboxylic acids is 1. The second kappa shape index (κ2) is 4.79. The number of piperidine rings is 1. The molecule has 1 aromatic carbocycles. The smallest absolute Gasteiger partial charge is 0.150 e. The van der Waals surface area contributed by atoms with Crippen LogP contribution in [0.25, 0.3) is 0 Å². The lowest BCUT2D eigenvalue weighted by atomic mass is 9.86. The summed E-state index contributed by atoms with van der Waals surface area (Å²) in [6.45, 7) is 5.34. The average Bonchev–Trinajstić information content (AvgIpc) is 2.29. The Kier molecular flexibility index (Phi) is 3.39. The van der Waals surface area contributed by atoms with E-state index in [1.807, 2.05) is 13.0 Å². The molecule has 1 aliphatic heterocycles. The Morgan fingerprint density at radius 3 is 2.88 bits per heavy atom. The van der Waals surface area contributed by atoms with Gasteiger partial charge in [-0.1, -0.05) is 18.2 Å². The number of hydrogen-bond donors (Lipinski definition) is 1. The topological polar surface area (TPSA) is 29.1 Å². The lowest BCUT2D eigenvalue weighted by Gasteiger charge is -2.28. The molecule has 2 atom stereocenters. The fourth-order valence-corrected chi connectivity index (χ4v) is 2.52. The van der Waals surface area contributed by atoms with Crippen LogP contribution in [0.15, 0.2) is 18.2 Å². The number of carbonyl (C=O) groups is 1. The molecule has 0 saturated carbocycles. The molecule has 1 aliphatic rings. The largest absolute Gasteiger partial charge is 0.314 e. The van der Waals surface area contributed by atoms with Crippen molar-refractivity contribution in [3.63, 3.8) is 0 Å². The van der Waals surface area contributed by atoms with Crippen molar-refractivity contribution in [3.8, 4) is 0 Å². The third-order valence-electron chi connectivity index (χ3n) is 3.52. The summed E-state index contributed by atoms with van der Waals surface area (Å²) >= 11 is 0. The van der Waals surface area contributed by atoms with E-state index in [-0.39, 0.29) is 0 Å². The Bertz CT molecular complexity index is 386. The summed E-state index contributed by atoms with van der Waals surface area (Å²) in [5.41, 5.74) is 3.29. The summed E-state index contributed by atoms with van der Waals surface area (Å²) in [7, 11) is 0. The molecule has 86 valence electrons. The van der Waals surface area contributed by atoms with Crippen LogP contribution in [-0.4, -0.2) is 18.9 Å². The first-order valence-electron chi connectivity index (χ1n) is 6.00. The lowest BCUT2D eigenvalue weighted by molar-refractivity contribution is 0.112. The summed E-state index contributed by atoms with van der Waals surface area (Å²) in [6, 6.07) is 6.83. The molecule has 1 saturated heterocycles. The Labute approximate surface area is 97.1 Å². The minimum Gasteiger partial charge on any atom is -0.314 e. The van der Waals surface area contributed by atoms with E-state index in [0.717, 1.165) is 24.0 Å². The number of aldehydes is 1. The Morgan fingerprint density at radius 2 is 2.25 bits per heavy atom. The van der Waals surface area contributed by atoms with Gasteiger partial charge in [0.05, 0.1) is 0 Å². The molecule has 0 aliphatic carbocycles. The van der Waals surface area contributed by atoms with Crippen molar-refractivity contribution in [3.05, 3.63) is 34.9 Å². The van der Waals surface area contributed by atoms with Gasteiger partial charge in [0.2, 0.25) is 0 Å². The molecule has 1 N–H and O–H groups in total. The highest BCUT2D eigenvalue weighted by Crippen LogP contribution is 2.28. The van der Waals surface area contributed by atoms with E-state index in [1.54, 1.807) is 0 Å². The van der Waals surface area contributed by atoms with E-state index in [4.69, 9.17) is 0 Å². The van der Waals surface area contributed by atoms with Crippen LogP contribution in [0.1, 0.15) is 47.2 Å².